The summed E-state index contributed by atoms with van der Waals surface area (Å²) < 4.78 is 16.0. The number of alkyl carbamates (subject to hydrolysis) is 1. The molecule has 2 amide bonds. The number of aliphatic carboxylic acids is 1. The van der Waals surface area contributed by atoms with Crippen molar-refractivity contribution >= 4 is 18.0 Å². The van der Waals surface area contributed by atoms with Crippen LogP contribution in [0.4, 0.5) is 4.79 Å². The maximum absolute atomic E-state index is 12.3. The van der Waals surface area contributed by atoms with Crippen molar-refractivity contribution in [2.24, 2.45) is 0 Å². The number of likely N-dealkylation sites (tertiary alicyclic amines) is 1. The lowest BCUT2D eigenvalue weighted by Gasteiger charge is -2.24. The van der Waals surface area contributed by atoms with Crippen molar-refractivity contribution in [3.8, 4) is 0 Å². The van der Waals surface area contributed by atoms with E-state index in [-0.39, 0.29) is 19.5 Å². The normalized spacial score (nSPS) is 23.1. The molecule has 0 aromatic heterocycles. The number of ether oxygens (including phenoxy) is 3. The van der Waals surface area contributed by atoms with Gasteiger partial charge in [0.15, 0.2) is 5.79 Å². The number of rotatable bonds is 3. The molecule has 2 aliphatic heterocycles. The van der Waals surface area contributed by atoms with Crippen LogP contribution in [0.3, 0.4) is 0 Å². The minimum absolute atomic E-state index is 0.0266. The van der Waals surface area contributed by atoms with Gasteiger partial charge in [-0.25, -0.2) is 9.59 Å². The highest BCUT2D eigenvalue weighted by Gasteiger charge is 2.52. The maximum atomic E-state index is 12.3. The molecule has 2 fully saturated rings. The molecule has 0 saturated carbocycles. The molecule has 0 aromatic rings. The molecule has 1 spiro atoms. The molecular formula is C14H22N2O7. The van der Waals surface area contributed by atoms with Crippen molar-refractivity contribution in [1.82, 2.24) is 10.2 Å². The molecule has 2 saturated heterocycles. The standard InChI is InChI=1S/C14H22N2O7/c1-13(2,3)23-12(20)15-7-10(17)16-8-14(21-4-5-22-14)6-9(16)11(18)19/h9H,4-8H2,1-3H3,(H,15,20)(H,18,19). The molecule has 2 N–H and O–H groups in total. The third-order valence-electron chi connectivity index (χ3n) is 3.49. The zero-order chi connectivity index (χ0) is 17.3. The molecule has 130 valence electrons. The van der Waals surface area contributed by atoms with Gasteiger partial charge in [0.05, 0.1) is 19.8 Å². The third kappa shape index (κ3) is 4.32. The zero-order valence-electron chi connectivity index (χ0n) is 13.5. The lowest BCUT2D eigenvalue weighted by atomic mass is 10.1. The van der Waals surface area contributed by atoms with Gasteiger partial charge in [-0.1, -0.05) is 0 Å². The molecule has 23 heavy (non-hydrogen) atoms. The molecule has 0 aliphatic carbocycles. The smallest absolute Gasteiger partial charge is 0.408 e. The van der Waals surface area contributed by atoms with Crippen LogP contribution in [0.25, 0.3) is 0 Å². The SMILES string of the molecule is CC(C)(C)OC(=O)NCC(=O)N1CC2(CC1C(=O)O)OCCO2. The lowest BCUT2D eigenvalue weighted by molar-refractivity contribution is -0.152. The topological polar surface area (TPSA) is 114 Å². The molecule has 0 radical (unpaired) electrons. The molecule has 9 nitrogen and oxygen atoms in total. The summed E-state index contributed by atoms with van der Waals surface area (Å²) in [5.74, 6) is -2.71. The van der Waals surface area contributed by atoms with Crippen molar-refractivity contribution in [2.45, 2.75) is 44.6 Å². The molecule has 0 aromatic carbocycles. The van der Waals surface area contributed by atoms with E-state index in [4.69, 9.17) is 14.2 Å². The molecule has 2 heterocycles. The molecule has 0 bridgehead atoms. The van der Waals surface area contributed by atoms with Crippen LogP contribution in [0.15, 0.2) is 0 Å². The first-order valence-electron chi connectivity index (χ1n) is 7.39. The molecule has 2 aliphatic rings. The summed E-state index contributed by atoms with van der Waals surface area (Å²) in [5.41, 5.74) is -0.681. The Balaban J connectivity index is 1.94. The fraction of sp³-hybridized carbons (Fsp3) is 0.786. The van der Waals surface area contributed by atoms with Gasteiger partial charge in [-0.2, -0.15) is 0 Å². The molecule has 1 unspecified atom stereocenters. The predicted octanol–water partition coefficient (Wildman–Crippen LogP) is -0.0603. The first kappa shape index (κ1) is 17.5. The van der Waals surface area contributed by atoms with Crippen LogP contribution in [0.1, 0.15) is 27.2 Å². The summed E-state index contributed by atoms with van der Waals surface area (Å²) in [6.07, 6.45) is -0.666. The summed E-state index contributed by atoms with van der Waals surface area (Å²) in [6, 6.07) is -1.04. The third-order valence-corrected chi connectivity index (χ3v) is 3.49. The van der Waals surface area contributed by atoms with E-state index >= 15 is 0 Å². The summed E-state index contributed by atoms with van der Waals surface area (Å²) in [7, 11) is 0. The Morgan fingerprint density at radius 1 is 1.30 bits per heavy atom. The summed E-state index contributed by atoms with van der Waals surface area (Å²) >= 11 is 0. The molecule has 9 heteroatoms. The fourth-order valence-electron chi connectivity index (χ4n) is 2.59. The largest absolute Gasteiger partial charge is 0.480 e. The van der Waals surface area contributed by atoms with E-state index in [2.05, 4.69) is 5.32 Å². The van der Waals surface area contributed by atoms with E-state index in [1.165, 1.54) is 0 Å². The van der Waals surface area contributed by atoms with Crippen LogP contribution in [-0.4, -0.2) is 71.7 Å². The van der Waals surface area contributed by atoms with Gasteiger partial charge in [-0.05, 0) is 20.8 Å². The first-order chi connectivity index (χ1) is 10.6. The number of carboxylic acids is 1. The van der Waals surface area contributed by atoms with Gasteiger partial charge >= 0.3 is 12.1 Å². The lowest BCUT2D eigenvalue weighted by Crippen LogP contribution is -2.47. The number of nitrogens with zero attached hydrogens (tertiary/aromatic N) is 1. The quantitative estimate of drug-likeness (QED) is 0.745. The van der Waals surface area contributed by atoms with E-state index in [1.54, 1.807) is 20.8 Å². The van der Waals surface area contributed by atoms with E-state index in [0.29, 0.717) is 13.2 Å². The number of hydrogen-bond acceptors (Lipinski definition) is 6. The summed E-state index contributed by atoms with van der Waals surface area (Å²) in [6.45, 7) is 5.51. The van der Waals surface area contributed by atoms with Crippen LogP contribution < -0.4 is 5.32 Å². The van der Waals surface area contributed by atoms with Gasteiger partial charge in [-0.15, -0.1) is 0 Å². The zero-order valence-corrected chi connectivity index (χ0v) is 13.5. The van der Waals surface area contributed by atoms with Gasteiger partial charge in [0.1, 0.15) is 18.2 Å². The van der Waals surface area contributed by atoms with Crippen molar-refractivity contribution in [2.75, 3.05) is 26.3 Å². The summed E-state index contributed by atoms with van der Waals surface area (Å²) in [4.78, 5) is 36.3. The van der Waals surface area contributed by atoms with Crippen molar-refractivity contribution in [3.63, 3.8) is 0 Å². The second-order valence-electron chi connectivity index (χ2n) is 6.54. The van der Waals surface area contributed by atoms with Crippen molar-refractivity contribution < 1.29 is 33.7 Å². The van der Waals surface area contributed by atoms with Crippen molar-refractivity contribution in [1.29, 1.82) is 0 Å². The monoisotopic (exact) mass is 330 g/mol. The maximum Gasteiger partial charge on any atom is 0.408 e. The molecule has 2 rings (SSSR count). The number of carboxylic acid groups (broad SMARTS) is 1. The number of carbonyl (C=O) groups is 3. The number of nitrogens with one attached hydrogen (secondary N) is 1. The van der Waals surface area contributed by atoms with Crippen LogP contribution >= 0.6 is 0 Å². The average molecular weight is 330 g/mol. The van der Waals surface area contributed by atoms with Crippen molar-refractivity contribution in [3.05, 3.63) is 0 Å². The van der Waals surface area contributed by atoms with E-state index < -0.39 is 35.4 Å². The van der Waals surface area contributed by atoms with Crippen LogP contribution in [0.5, 0.6) is 0 Å². The Kier molecular flexibility index (Phi) is 4.81. The van der Waals surface area contributed by atoms with Crippen LogP contribution in [0, 0.1) is 0 Å². The minimum atomic E-state index is -1.13. The number of hydrogen-bond donors (Lipinski definition) is 2. The number of carbonyl (C=O) groups excluding carboxylic acids is 2. The second kappa shape index (κ2) is 6.32. The van der Waals surface area contributed by atoms with Gasteiger partial charge in [0.25, 0.3) is 0 Å². The number of amides is 2. The average Bonchev–Trinajstić information content (AvgIpc) is 3.02. The minimum Gasteiger partial charge on any atom is -0.480 e. The Labute approximate surface area is 133 Å². The van der Waals surface area contributed by atoms with Crippen LogP contribution in [0.2, 0.25) is 0 Å². The highest BCUT2D eigenvalue weighted by atomic mass is 16.7. The predicted molar refractivity (Wildman–Crippen MR) is 76.6 cm³/mol. The highest BCUT2D eigenvalue weighted by Crippen LogP contribution is 2.34. The second-order valence-corrected chi connectivity index (χ2v) is 6.54. The molecular weight excluding hydrogens is 308 g/mol. The Morgan fingerprint density at radius 2 is 1.91 bits per heavy atom. The van der Waals surface area contributed by atoms with Gasteiger partial charge in [0.2, 0.25) is 5.91 Å². The van der Waals surface area contributed by atoms with Gasteiger partial charge in [-0.3, -0.25) is 4.79 Å². The Hall–Kier alpha value is -1.87. The van der Waals surface area contributed by atoms with Crippen LogP contribution in [-0.2, 0) is 23.8 Å². The highest BCUT2D eigenvalue weighted by molar-refractivity contribution is 5.87. The van der Waals surface area contributed by atoms with E-state index in [0.717, 1.165) is 4.90 Å². The van der Waals surface area contributed by atoms with Gasteiger partial charge in [0, 0.05) is 6.42 Å². The fourth-order valence-corrected chi connectivity index (χ4v) is 2.59. The molecule has 1 atom stereocenters. The van der Waals surface area contributed by atoms with E-state index in [1.807, 2.05) is 0 Å². The summed E-state index contributed by atoms with van der Waals surface area (Å²) in [5, 5.41) is 11.6. The Morgan fingerprint density at radius 3 is 2.43 bits per heavy atom. The van der Waals surface area contributed by atoms with E-state index in [9.17, 15) is 19.5 Å². The first-order valence-corrected chi connectivity index (χ1v) is 7.39. The van der Waals surface area contributed by atoms with Gasteiger partial charge < -0.3 is 29.5 Å². The Bertz CT molecular complexity index is 494.